The molecule has 1 aromatic carbocycles. The summed E-state index contributed by atoms with van der Waals surface area (Å²) in [6.45, 7) is 0.769. The second-order valence-electron chi connectivity index (χ2n) is 4.82. The summed E-state index contributed by atoms with van der Waals surface area (Å²) in [6.07, 6.45) is 3.72. The van der Waals surface area contributed by atoms with Crippen LogP contribution in [0.25, 0.3) is 11.0 Å². The van der Waals surface area contributed by atoms with E-state index in [1.165, 1.54) is 19.3 Å². The van der Waals surface area contributed by atoms with Crippen molar-refractivity contribution in [2.45, 2.75) is 25.2 Å². The van der Waals surface area contributed by atoms with Crippen molar-refractivity contribution >= 4 is 27.0 Å². The van der Waals surface area contributed by atoms with Crippen molar-refractivity contribution in [2.75, 3.05) is 6.54 Å². The average molecular weight is 294 g/mol. The van der Waals surface area contributed by atoms with E-state index < -0.39 is 0 Å². The third kappa shape index (κ3) is 2.00. The lowest BCUT2D eigenvalue weighted by atomic mass is 9.96. The van der Waals surface area contributed by atoms with E-state index in [0.717, 1.165) is 27.9 Å². The average Bonchev–Trinajstić information content (AvgIpc) is 2.93. The molecule has 1 aromatic heterocycles. The predicted molar refractivity (Wildman–Crippen MR) is 72.9 cm³/mol. The minimum Gasteiger partial charge on any atom is -0.342 e. The number of nitrogens with zero attached hydrogens (tertiary/aromatic N) is 1. The standard InChI is InChI=1S/C13H16BrN3/c14-9-4-5-11-12(6-9)17-13(16-11)10-3-1-2-8(10)7-15/h4-6,8,10H,1-3,7,15H2,(H,16,17). The van der Waals surface area contributed by atoms with Crippen molar-refractivity contribution in [1.29, 1.82) is 0 Å². The number of benzene rings is 1. The lowest BCUT2D eigenvalue weighted by molar-refractivity contribution is 0.481. The number of nitrogens with one attached hydrogen (secondary N) is 1. The molecular weight excluding hydrogens is 278 g/mol. The third-order valence-corrected chi connectivity index (χ3v) is 4.27. The molecule has 1 fully saturated rings. The Morgan fingerprint density at radius 3 is 3.12 bits per heavy atom. The van der Waals surface area contributed by atoms with Gasteiger partial charge in [0.25, 0.3) is 0 Å². The van der Waals surface area contributed by atoms with Crippen molar-refractivity contribution in [1.82, 2.24) is 9.97 Å². The molecule has 0 radical (unpaired) electrons. The number of nitrogens with two attached hydrogens (primary N) is 1. The van der Waals surface area contributed by atoms with E-state index in [-0.39, 0.29) is 0 Å². The molecular formula is C13H16BrN3. The molecule has 3 nitrogen and oxygen atoms in total. The van der Waals surface area contributed by atoms with Crippen molar-refractivity contribution < 1.29 is 0 Å². The van der Waals surface area contributed by atoms with Gasteiger partial charge < -0.3 is 10.7 Å². The summed E-state index contributed by atoms with van der Waals surface area (Å²) in [6, 6.07) is 6.16. The van der Waals surface area contributed by atoms with Crippen LogP contribution in [0.1, 0.15) is 31.0 Å². The van der Waals surface area contributed by atoms with E-state index in [0.29, 0.717) is 11.8 Å². The first kappa shape index (κ1) is 11.2. The topological polar surface area (TPSA) is 54.7 Å². The zero-order valence-electron chi connectivity index (χ0n) is 9.62. The Bertz CT molecular complexity index is 534. The van der Waals surface area contributed by atoms with Gasteiger partial charge in [-0.15, -0.1) is 0 Å². The van der Waals surface area contributed by atoms with Crippen molar-refractivity contribution in [3.8, 4) is 0 Å². The molecule has 0 amide bonds. The van der Waals surface area contributed by atoms with Gasteiger partial charge in [-0.1, -0.05) is 22.4 Å². The van der Waals surface area contributed by atoms with Crippen LogP contribution < -0.4 is 5.73 Å². The first-order valence-electron chi connectivity index (χ1n) is 6.13. The van der Waals surface area contributed by atoms with Gasteiger partial charge in [-0.3, -0.25) is 0 Å². The summed E-state index contributed by atoms with van der Waals surface area (Å²) >= 11 is 3.48. The highest BCUT2D eigenvalue weighted by molar-refractivity contribution is 9.10. The van der Waals surface area contributed by atoms with Crippen LogP contribution in [0.5, 0.6) is 0 Å². The number of hydrogen-bond donors (Lipinski definition) is 2. The van der Waals surface area contributed by atoms with E-state index in [1.807, 2.05) is 12.1 Å². The monoisotopic (exact) mass is 293 g/mol. The Balaban J connectivity index is 2.00. The van der Waals surface area contributed by atoms with Crippen LogP contribution in [0.15, 0.2) is 22.7 Å². The number of rotatable bonds is 2. The number of aromatic amines is 1. The molecule has 17 heavy (non-hydrogen) atoms. The maximum atomic E-state index is 5.83. The minimum absolute atomic E-state index is 0.520. The van der Waals surface area contributed by atoms with Gasteiger partial charge in [0.15, 0.2) is 0 Å². The Kier molecular flexibility index (Phi) is 2.92. The highest BCUT2D eigenvalue weighted by Gasteiger charge is 2.29. The third-order valence-electron chi connectivity index (χ3n) is 3.78. The van der Waals surface area contributed by atoms with Crippen LogP contribution in [0, 0.1) is 5.92 Å². The molecule has 90 valence electrons. The summed E-state index contributed by atoms with van der Waals surface area (Å²) in [7, 11) is 0. The fourth-order valence-electron chi connectivity index (χ4n) is 2.86. The maximum absolute atomic E-state index is 5.83. The number of fused-ring (bicyclic) bond motifs is 1. The van der Waals surface area contributed by atoms with Crippen LogP contribution >= 0.6 is 15.9 Å². The van der Waals surface area contributed by atoms with Crippen LogP contribution in [0.3, 0.4) is 0 Å². The van der Waals surface area contributed by atoms with Gasteiger partial charge in [-0.05, 0) is 43.5 Å². The van der Waals surface area contributed by atoms with Gasteiger partial charge >= 0.3 is 0 Å². The van der Waals surface area contributed by atoms with Gasteiger partial charge in [-0.25, -0.2) is 4.98 Å². The second-order valence-corrected chi connectivity index (χ2v) is 5.73. The van der Waals surface area contributed by atoms with Crippen molar-refractivity contribution in [3.05, 3.63) is 28.5 Å². The molecule has 2 atom stereocenters. The molecule has 1 aliphatic rings. The van der Waals surface area contributed by atoms with Gasteiger partial charge in [0.2, 0.25) is 0 Å². The van der Waals surface area contributed by atoms with Gasteiger partial charge in [0.05, 0.1) is 11.0 Å². The lowest BCUT2D eigenvalue weighted by Crippen LogP contribution is -2.17. The lowest BCUT2D eigenvalue weighted by Gasteiger charge is -2.14. The van der Waals surface area contributed by atoms with Crippen LogP contribution in [0.4, 0.5) is 0 Å². The van der Waals surface area contributed by atoms with Crippen LogP contribution in [-0.2, 0) is 0 Å². The molecule has 0 saturated heterocycles. The molecule has 1 aliphatic carbocycles. The molecule has 0 spiro atoms. The summed E-state index contributed by atoms with van der Waals surface area (Å²) in [5.74, 6) is 2.23. The summed E-state index contributed by atoms with van der Waals surface area (Å²) in [5, 5.41) is 0. The van der Waals surface area contributed by atoms with Crippen molar-refractivity contribution in [2.24, 2.45) is 11.7 Å². The molecule has 0 bridgehead atoms. The number of hydrogen-bond acceptors (Lipinski definition) is 2. The Morgan fingerprint density at radius 1 is 1.41 bits per heavy atom. The summed E-state index contributed by atoms with van der Waals surface area (Å²) in [4.78, 5) is 8.15. The van der Waals surface area contributed by atoms with Crippen LogP contribution in [0.2, 0.25) is 0 Å². The molecule has 1 heterocycles. The molecule has 4 heteroatoms. The van der Waals surface area contributed by atoms with E-state index in [4.69, 9.17) is 10.7 Å². The fraction of sp³-hybridized carbons (Fsp3) is 0.462. The van der Waals surface area contributed by atoms with E-state index in [1.54, 1.807) is 0 Å². The maximum Gasteiger partial charge on any atom is 0.110 e. The molecule has 1 saturated carbocycles. The number of imidazole rings is 1. The zero-order valence-corrected chi connectivity index (χ0v) is 11.2. The largest absolute Gasteiger partial charge is 0.342 e. The van der Waals surface area contributed by atoms with Gasteiger partial charge in [0.1, 0.15) is 5.82 Å². The highest BCUT2D eigenvalue weighted by Crippen LogP contribution is 2.38. The second kappa shape index (κ2) is 4.42. The normalized spacial score (nSPS) is 24.6. The molecule has 2 aromatic rings. The summed E-state index contributed by atoms with van der Waals surface area (Å²) in [5.41, 5.74) is 7.99. The highest BCUT2D eigenvalue weighted by atomic mass is 79.9. The molecule has 0 aliphatic heterocycles. The molecule has 3 N–H and O–H groups in total. The van der Waals surface area contributed by atoms with Gasteiger partial charge in [0, 0.05) is 10.4 Å². The van der Waals surface area contributed by atoms with Crippen LogP contribution in [-0.4, -0.2) is 16.5 Å². The fourth-order valence-corrected chi connectivity index (χ4v) is 3.22. The van der Waals surface area contributed by atoms with E-state index >= 15 is 0 Å². The number of aromatic nitrogens is 2. The number of H-pyrrole nitrogens is 1. The minimum atomic E-state index is 0.520. The first-order valence-corrected chi connectivity index (χ1v) is 6.92. The quantitative estimate of drug-likeness (QED) is 0.894. The molecule has 2 unspecified atom stereocenters. The predicted octanol–water partition coefficient (Wildman–Crippen LogP) is 3.17. The number of halogens is 1. The van der Waals surface area contributed by atoms with Gasteiger partial charge in [-0.2, -0.15) is 0 Å². The first-order chi connectivity index (χ1) is 8.28. The Hall–Kier alpha value is -0.870. The van der Waals surface area contributed by atoms with Crippen molar-refractivity contribution in [3.63, 3.8) is 0 Å². The zero-order chi connectivity index (χ0) is 11.8. The van der Waals surface area contributed by atoms with E-state index in [2.05, 4.69) is 27.0 Å². The Labute approximate surface area is 109 Å². The summed E-state index contributed by atoms with van der Waals surface area (Å²) < 4.78 is 1.09. The SMILES string of the molecule is NCC1CCCC1c1nc2ccc(Br)cc2[nH]1. The van der Waals surface area contributed by atoms with E-state index in [9.17, 15) is 0 Å². The smallest absolute Gasteiger partial charge is 0.110 e. The Morgan fingerprint density at radius 2 is 2.29 bits per heavy atom. The molecule has 3 rings (SSSR count).